The molecule has 0 bridgehead atoms. The molecule has 14 heavy (non-hydrogen) atoms. The summed E-state index contributed by atoms with van der Waals surface area (Å²) in [5.41, 5.74) is -0.479. The Balaban J connectivity index is 2.35. The Morgan fingerprint density at radius 3 is 2.71 bits per heavy atom. The van der Waals surface area contributed by atoms with Gasteiger partial charge in [0.1, 0.15) is 5.54 Å². The van der Waals surface area contributed by atoms with Crippen molar-refractivity contribution in [1.29, 1.82) is 5.26 Å². The van der Waals surface area contributed by atoms with Gasteiger partial charge < -0.3 is 4.74 Å². The predicted octanol–water partition coefficient (Wildman–Crippen LogP) is 0.975. The molecule has 0 aliphatic heterocycles. The highest BCUT2D eigenvalue weighted by Gasteiger charge is 2.33. The van der Waals surface area contributed by atoms with Gasteiger partial charge >= 0.3 is 5.97 Å². The minimum Gasteiger partial charge on any atom is -0.465 e. The maximum atomic E-state index is 11.1. The summed E-state index contributed by atoms with van der Waals surface area (Å²) in [5, 5.41) is 12.0. The number of nitriles is 1. The number of hydrogen-bond acceptors (Lipinski definition) is 4. The first kappa shape index (κ1) is 11.0. The molecule has 4 heteroatoms. The van der Waals surface area contributed by atoms with Gasteiger partial charge in [-0.1, -0.05) is 12.8 Å². The van der Waals surface area contributed by atoms with Crippen LogP contribution in [0.15, 0.2) is 0 Å². The molecule has 0 aromatic carbocycles. The van der Waals surface area contributed by atoms with Crippen LogP contribution in [-0.2, 0) is 9.53 Å². The lowest BCUT2D eigenvalue weighted by Gasteiger charge is -2.21. The maximum Gasteiger partial charge on any atom is 0.319 e. The van der Waals surface area contributed by atoms with E-state index in [9.17, 15) is 4.79 Å². The second-order valence-corrected chi connectivity index (χ2v) is 3.56. The van der Waals surface area contributed by atoms with Crippen LogP contribution in [0.5, 0.6) is 0 Å². The van der Waals surface area contributed by atoms with E-state index in [4.69, 9.17) is 10.00 Å². The molecule has 1 rings (SSSR count). The minimum atomic E-state index is -0.479. The van der Waals surface area contributed by atoms with Crippen LogP contribution < -0.4 is 5.32 Å². The number of nitrogens with one attached hydrogen (secondary N) is 1. The first-order valence-corrected chi connectivity index (χ1v) is 5.04. The number of ether oxygens (including phenoxy) is 1. The fraction of sp³-hybridized carbons (Fsp3) is 0.800. The SMILES string of the molecule is CCOC(=O)CNC1(C#N)CCCC1. The number of hydrogen-bond donors (Lipinski definition) is 1. The van der Waals surface area contributed by atoms with Crippen molar-refractivity contribution in [3.05, 3.63) is 0 Å². The van der Waals surface area contributed by atoms with E-state index >= 15 is 0 Å². The molecule has 0 radical (unpaired) electrons. The number of carbonyl (C=O) groups is 1. The molecule has 0 spiro atoms. The highest BCUT2D eigenvalue weighted by molar-refractivity contribution is 5.71. The summed E-state index contributed by atoms with van der Waals surface area (Å²) >= 11 is 0. The predicted molar refractivity (Wildman–Crippen MR) is 51.4 cm³/mol. The third kappa shape index (κ3) is 2.71. The molecule has 1 saturated carbocycles. The Kier molecular flexibility index (Phi) is 3.90. The molecule has 0 saturated heterocycles. The van der Waals surface area contributed by atoms with E-state index in [2.05, 4.69) is 11.4 Å². The van der Waals surface area contributed by atoms with E-state index in [-0.39, 0.29) is 12.5 Å². The largest absolute Gasteiger partial charge is 0.465 e. The third-order valence-electron chi connectivity index (χ3n) is 2.55. The van der Waals surface area contributed by atoms with Gasteiger partial charge in [0.25, 0.3) is 0 Å². The average Bonchev–Trinajstić information content (AvgIpc) is 2.65. The van der Waals surface area contributed by atoms with Gasteiger partial charge in [0.15, 0.2) is 0 Å². The van der Waals surface area contributed by atoms with Crippen LogP contribution in [-0.4, -0.2) is 24.7 Å². The molecular formula is C10H16N2O2. The second-order valence-electron chi connectivity index (χ2n) is 3.56. The van der Waals surface area contributed by atoms with Crippen molar-refractivity contribution in [2.45, 2.75) is 38.1 Å². The molecule has 4 nitrogen and oxygen atoms in total. The van der Waals surface area contributed by atoms with Crippen molar-refractivity contribution < 1.29 is 9.53 Å². The molecule has 1 N–H and O–H groups in total. The molecule has 1 aliphatic rings. The molecule has 0 atom stereocenters. The van der Waals surface area contributed by atoms with Crippen molar-refractivity contribution in [1.82, 2.24) is 5.32 Å². The number of esters is 1. The number of nitrogens with zero attached hydrogens (tertiary/aromatic N) is 1. The first-order chi connectivity index (χ1) is 6.72. The zero-order valence-corrected chi connectivity index (χ0v) is 8.51. The molecule has 0 amide bonds. The van der Waals surface area contributed by atoms with Crippen molar-refractivity contribution in [3.8, 4) is 6.07 Å². The average molecular weight is 196 g/mol. The zero-order chi connectivity index (χ0) is 10.4. The van der Waals surface area contributed by atoms with Crippen molar-refractivity contribution >= 4 is 5.97 Å². The first-order valence-electron chi connectivity index (χ1n) is 5.04. The van der Waals surface area contributed by atoms with Crippen LogP contribution in [0.1, 0.15) is 32.6 Å². The summed E-state index contributed by atoms with van der Waals surface area (Å²) < 4.78 is 4.78. The Labute approximate surface area is 84.2 Å². The van der Waals surface area contributed by atoms with Gasteiger partial charge in [-0.3, -0.25) is 10.1 Å². The van der Waals surface area contributed by atoms with Gasteiger partial charge in [0, 0.05) is 0 Å². The van der Waals surface area contributed by atoms with Gasteiger partial charge in [-0.15, -0.1) is 0 Å². The van der Waals surface area contributed by atoms with Crippen LogP contribution in [0.3, 0.4) is 0 Å². The Morgan fingerprint density at radius 2 is 2.21 bits per heavy atom. The number of rotatable bonds is 4. The van der Waals surface area contributed by atoms with E-state index in [0.29, 0.717) is 6.61 Å². The van der Waals surface area contributed by atoms with Gasteiger partial charge in [-0.2, -0.15) is 5.26 Å². The summed E-state index contributed by atoms with van der Waals surface area (Å²) in [6, 6.07) is 2.26. The molecule has 0 heterocycles. The van der Waals surface area contributed by atoms with Gasteiger partial charge in [-0.05, 0) is 19.8 Å². The van der Waals surface area contributed by atoms with Crippen molar-refractivity contribution in [3.63, 3.8) is 0 Å². The smallest absolute Gasteiger partial charge is 0.319 e. The summed E-state index contributed by atoms with van der Waals surface area (Å²) in [5.74, 6) is -0.283. The standard InChI is InChI=1S/C10H16N2O2/c1-2-14-9(13)7-12-10(8-11)5-3-4-6-10/h12H,2-7H2,1H3. The fourth-order valence-electron chi connectivity index (χ4n) is 1.76. The third-order valence-corrected chi connectivity index (χ3v) is 2.55. The lowest BCUT2D eigenvalue weighted by atomic mass is 10.0. The number of carbonyl (C=O) groups excluding carboxylic acids is 1. The highest BCUT2D eigenvalue weighted by atomic mass is 16.5. The minimum absolute atomic E-state index is 0.140. The van der Waals surface area contributed by atoms with Gasteiger partial charge in [0.05, 0.1) is 19.2 Å². The monoisotopic (exact) mass is 196 g/mol. The molecule has 78 valence electrons. The van der Waals surface area contributed by atoms with Gasteiger partial charge in [0.2, 0.25) is 0 Å². The van der Waals surface area contributed by atoms with Gasteiger partial charge in [-0.25, -0.2) is 0 Å². The lowest BCUT2D eigenvalue weighted by Crippen LogP contribution is -2.44. The van der Waals surface area contributed by atoms with E-state index in [0.717, 1.165) is 25.7 Å². The zero-order valence-electron chi connectivity index (χ0n) is 8.51. The molecule has 0 aromatic rings. The molecule has 0 unspecified atom stereocenters. The second kappa shape index (κ2) is 4.97. The van der Waals surface area contributed by atoms with E-state index in [1.807, 2.05) is 0 Å². The van der Waals surface area contributed by atoms with Crippen molar-refractivity contribution in [2.24, 2.45) is 0 Å². The van der Waals surface area contributed by atoms with Crippen LogP contribution in [0, 0.1) is 11.3 Å². The normalized spacial score (nSPS) is 18.9. The molecule has 1 fully saturated rings. The van der Waals surface area contributed by atoms with Crippen LogP contribution in [0.2, 0.25) is 0 Å². The van der Waals surface area contributed by atoms with Crippen LogP contribution in [0.4, 0.5) is 0 Å². The highest BCUT2D eigenvalue weighted by Crippen LogP contribution is 2.28. The topological polar surface area (TPSA) is 62.1 Å². The van der Waals surface area contributed by atoms with E-state index in [1.165, 1.54) is 0 Å². The summed E-state index contributed by atoms with van der Waals surface area (Å²) in [6.07, 6.45) is 3.79. The quantitative estimate of drug-likeness (QED) is 0.681. The Morgan fingerprint density at radius 1 is 1.57 bits per heavy atom. The molecular weight excluding hydrogens is 180 g/mol. The fourth-order valence-corrected chi connectivity index (χ4v) is 1.76. The van der Waals surface area contributed by atoms with E-state index in [1.54, 1.807) is 6.92 Å². The Hall–Kier alpha value is -1.08. The van der Waals surface area contributed by atoms with E-state index < -0.39 is 5.54 Å². The lowest BCUT2D eigenvalue weighted by molar-refractivity contribution is -0.142. The maximum absolute atomic E-state index is 11.1. The Bertz CT molecular complexity index is 239. The molecule has 1 aliphatic carbocycles. The van der Waals surface area contributed by atoms with Crippen LogP contribution >= 0.6 is 0 Å². The van der Waals surface area contributed by atoms with Crippen molar-refractivity contribution in [2.75, 3.05) is 13.2 Å². The van der Waals surface area contributed by atoms with Crippen LogP contribution in [0.25, 0.3) is 0 Å². The summed E-state index contributed by atoms with van der Waals surface area (Å²) in [4.78, 5) is 11.1. The summed E-state index contributed by atoms with van der Waals surface area (Å²) in [6.45, 7) is 2.30. The summed E-state index contributed by atoms with van der Waals surface area (Å²) in [7, 11) is 0. The molecule has 0 aromatic heterocycles.